The lowest BCUT2D eigenvalue weighted by molar-refractivity contribution is 0.218. The summed E-state index contributed by atoms with van der Waals surface area (Å²) in [6.45, 7) is 5.85. The van der Waals surface area contributed by atoms with Crippen LogP contribution in [0.3, 0.4) is 0 Å². The maximum atomic E-state index is 2.60. The fourth-order valence-corrected chi connectivity index (χ4v) is 4.73. The van der Waals surface area contributed by atoms with E-state index >= 15 is 0 Å². The molecule has 0 saturated carbocycles. The SMILES string of the molecule is CCN1CCCC(N2c3ccccc3Sc3ccccc32)C1.Cl. The molecule has 2 aromatic carbocycles. The van der Waals surface area contributed by atoms with Gasteiger partial charge in [-0.05, 0) is 50.2 Å². The van der Waals surface area contributed by atoms with Crippen molar-refractivity contribution in [3.05, 3.63) is 48.5 Å². The molecule has 0 bridgehead atoms. The van der Waals surface area contributed by atoms with Crippen molar-refractivity contribution in [2.24, 2.45) is 0 Å². The lowest BCUT2D eigenvalue weighted by atomic mass is 10.0. The Morgan fingerprint density at radius 1 is 1.00 bits per heavy atom. The standard InChI is InChI=1S/C19H22N2S.ClH/c1-2-20-13-7-8-15(14-20)21-16-9-3-5-11-18(16)22-19-12-6-4-10-17(19)21;/h3-6,9-12,15H,2,7-8,13-14H2,1H3;1H. The molecule has 122 valence electrons. The van der Waals surface area contributed by atoms with Crippen molar-refractivity contribution in [1.82, 2.24) is 4.90 Å². The van der Waals surface area contributed by atoms with E-state index in [-0.39, 0.29) is 12.4 Å². The molecule has 0 aromatic heterocycles. The number of hydrogen-bond donors (Lipinski definition) is 0. The molecular formula is C19H23ClN2S. The molecule has 4 heteroatoms. The number of hydrogen-bond acceptors (Lipinski definition) is 3. The van der Waals surface area contributed by atoms with Crippen molar-refractivity contribution in [3.8, 4) is 0 Å². The molecule has 0 spiro atoms. The predicted molar refractivity (Wildman–Crippen MR) is 102 cm³/mol. The first-order valence-corrected chi connectivity index (χ1v) is 9.06. The van der Waals surface area contributed by atoms with Gasteiger partial charge in [0.2, 0.25) is 0 Å². The number of piperidine rings is 1. The number of para-hydroxylation sites is 2. The first-order chi connectivity index (χ1) is 10.9. The highest BCUT2D eigenvalue weighted by Crippen LogP contribution is 2.49. The molecule has 1 atom stereocenters. The average molecular weight is 347 g/mol. The number of rotatable bonds is 2. The fraction of sp³-hybridized carbons (Fsp3) is 0.368. The van der Waals surface area contributed by atoms with Gasteiger partial charge >= 0.3 is 0 Å². The van der Waals surface area contributed by atoms with Crippen LogP contribution in [0.1, 0.15) is 19.8 Å². The Bertz CT molecular complexity index is 630. The largest absolute Gasteiger partial charge is 0.335 e. The maximum Gasteiger partial charge on any atom is 0.0555 e. The third-order valence-corrected chi connectivity index (χ3v) is 5.89. The molecule has 0 N–H and O–H groups in total. The van der Waals surface area contributed by atoms with Gasteiger partial charge in [-0.25, -0.2) is 0 Å². The van der Waals surface area contributed by atoms with E-state index < -0.39 is 0 Å². The Kier molecular flexibility index (Phi) is 5.20. The highest BCUT2D eigenvalue weighted by atomic mass is 35.5. The van der Waals surface area contributed by atoms with E-state index in [4.69, 9.17) is 0 Å². The number of fused-ring (bicyclic) bond motifs is 2. The fourth-order valence-electron chi connectivity index (χ4n) is 3.66. The van der Waals surface area contributed by atoms with Crippen LogP contribution in [-0.4, -0.2) is 30.6 Å². The summed E-state index contributed by atoms with van der Waals surface area (Å²) in [6, 6.07) is 18.3. The minimum Gasteiger partial charge on any atom is -0.335 e. The lowest BCUT2D eigenvalue weighted by Gasteiger charge is -2.43. The van der Waals surface area contributed by atoms with Crippen LogP contribution in [0.2, 0.25) is 0 Å². The number of likely N-dealkylation sites (N-methyl/N-ethyl adjacent to an activating group) is 1. The minimum absolute atomic E-state index is 0. The van der Waals surface area contributed by atoms with Crippen molar-refractivity contribution in [2.75, 3.05) is 24.5 Å². The Balaban J connectivity index is 0.00000156. The first-order valence-electron chi connectivity index (χ1n) is 8.24. The van der Waals surface area contributed by atoms with Crippen molar-refractivity contribution in [3.63, 3.8) is 0 Å². The topological polar surface area (TPSA) is 6.48 Å². The zero-order valence-electron chi connectivity index (χ0n) is 13.4. The van der Waals surface area contributed by atoms with Crippen LogP contribution < -0.4 is 4.90 Å². The third kappa shape index (κ3) is 3.10. The summed E-state index contributed by atoms with van der Waals surface area (Å²) >= 11 is 1.90. The van der Waals surface area contributed by atoms with Gasteiger partial charge in [-0.3, -0.25) is 0 Å². The summed E-state index contributed by atoms with van der Waals surface area (Å²) in [5.41, 5.74) is 2.77. The zero-order chi connectivity index (χ0) is 14.9. The monoisotopic (exact) mass is 346 g/mol. The molecule has 0 radical (unpaired) electrons. The van der Waals surface area contributed by atoms with Crippen LogP contribution in [-0.2, 0) is 0 Å². The lowest BCUT2D eigenvalue weighted by Crippen LogP contribution is -2.46. The highest BCUT2D eigenvalue weighted by Gasteiger charge is 2.31. The molecule has 2 nitrogen and oxygen atoms in total. The molecule has 4 rings (SSSR count). The Morgan fingerprint density at radius 2 is 1.61 bits per heavy atom. The Morgan fingerprint density at radius 3 is 2.22 bits per heavy atom. The van der Waals surface area contributed by atoms with Gasteiger partial charge in [0.05, 0.1) is 11.4 Å². The predicted octanol–water partition coefficient (Wildman–Crippen LogP) is 5.20. The summed E-state index contributed by atoms with van der Waals surface area (Å²) in [6.07, 6.45) is 2.58. The van der Waals surface area contributed by atoms with Gasteiger partial charge in [0.1, 0.15) is 0 Å². The van der Waals surface area contributed by atoms with Crippen LogP contribution >= 0.6 is 24.2 Å². The molecule has 2 aromatic rings. The zero-order valence-corrected chi connectivity index (χ0v) is 15.1. The van der Waals surface area contributed by atoms with Crippen LogP contribution in [0, 0.1) is 0 Å². The van der Waals surface area contributed by atoms with Crippen LogP contribution in [0.5, 0.6) is 0 Å². The van der Waals surface area contributed by atoms with Gasteiger partial charge in [-0.15, -0.1) is 12.4 Å². The number of nitrogens with zero attached hydrogens (tertiary/aromatic N) is 2. The molecule has 1 unspecified atom stereocenters. The van der Waals surface area contributed by atoms with E-state index in [1.807, 2.05) is 11.8 Å². The molecule has 23 heavy (non-hydrogen) atoms. The molecule has 0 aliphatic carbocycles. The number of benzene rings is 2. The van der Waals surface area contributed by atoms with Crippen molar-refractivity contribution in [2.45, 2.75) is 35.6 Å². The molecule has 1 fully saturated rings. The molecule has 2 aliphatic heterocycles. The van der Waals surface area contributed by atoms with Gasteiger partial charge in [-0.2, -0.15) is 0 Å². The summed E-state index contributed by atoms with van der Waals surface area (Å²) in [5.74, 6) is 0. The second-order valence-corrected chi connectivity index (χ2v) is 7.18. The van der Waals surface area contributed by atoms with Gasteiger partial charge in [0, 0.05) is 22.4 Å². The summed E-state index contributed by atoms with van der Waals surface area (Å²) in [5, 5.41) is 0. The van der Waals surface area contributed by atoms with Gasteiger partial charge in [-0.1, -0.05) is 43.0 Å². The van der Waals surface area contributed by atoms with Gasteiger partial charge < -0.3 is 9.80 Å². The summed E-state index contributed by atoms with van der Waals surface area (Å²) < 4.78 is 0. The van der Waals surface area contributed by atoms with Crippen LogP contribution in [0.4, 0.5) is 11.4 Å². The highest BCUT2D eigenvalue weighted by molar-refractivity contribution is 7.99. The minimum atomic E-state index is 0. The number of likely N-dealkylation sites (tertiary alicyclic amines) is 1. The number of anilines is 2. The molecular weight excluding hydrogens is 324 g/mol. The van der Waals surface area contributed by atoms with Crippen LogP contribution in [0.15, 0.2) is 58.3 Å². The van der Waals surface area contributed by atoms with Gasteiger partial charge in [0.25, 0.3) is 0 Å². The van der Waals surface area contributed by atoms with E-state index in [9.17, 15) is 0 Å². The van der Waals surface area contributed by atoms with E-state index in [0.29, 0.717) is 6.04 Å². The number of halogens is 1. The van der Waals surface area contributed by atoms with E-state index in [2.05, 4.69) is 65.3 Å². The molecule has 1 saturated heterocycles. The second kappa shape index (κ2) is 7.16. The summed E-state index contributed by atoms with van der Waals surface area (Å²) in [7, 11) is 0. The van der Waals surface area contributed by atoms with Gasteiger partial charge in [0.15, 0.2) is 0 Å². The van der Waals surface area contributed by atoms with Crippen LogP contribution in [0.25, 0.3) is 0 Å². The molecule has 2 heterocycles. The maximum absolute atomic E-state index is 2.60. The Hall–Kier alpha value is -1.16. The Labute approximate surface area is 149 Å². The van der Waals surface area contributed by atoms with Crippen molar-refractivity contribution in [1.29, 1.82) is 0 Å². The van der Waals surface area contributed by atoms with Crippen molar-refractivity contribution < 1.29 is 0 Å². The summed E-state index contributed by atoms with van der Waals surface area (Å²) in [4.78, 5) is 7.95. The third-order valence-electron chi connectivity index (χ3n) is 4.76. The average Bonchev–Trinajstić information content (AvgIpc) is 2.59. The second-order valence-electron chi connectivity index (χ2n) is 6.10. The normalized spacial score (nSPS) is 20.4. The smallest absolute Gasteiger partial charge is 0.0555 e. The molecule has 0 amide bonds. The van der Waals surface area contributed by atoms with E-state index in [1.165, 1.54) is 47.1 Å². The van der Waals surface area contributed by atoms with E-state index in [0.717, 1.165) is 6.54 Å². The molecule has 2 aliphatic rings. The van der Waals surface area contributed by atoms with Crippen molar-refractivity contribution >= 4 is 35.5 Å². The quantitative estimate of drug-likeness (QED) is 0.738. The first kappa shape index (κ1) is 16.7. The van der Waals surface area contributed by atoms with E-state index in [1.54, 1.807) is 0 Å².